The van der Waals surface area contributed by atoms with Gasteiger partial charge in [-0.05, 0) is 24.3 Å². The number of ether oxygens (including phenoxy) is 3. The standard InChI is InChI=1S/C15H15BrO3S/c1-17-11-8-13(18-2)15(14(9-11)19-3)20-12-6-4-10(16)5-7-12/h4-9H,1-3H3. The fourth-order valence-corrected chi connectivity index (χ4v) is 2.95. The molecule has 2 aromatic rings. The van der Waals surface area contributed by atoms with E-state index in [2.05, 4.69) is 15.9 Å². The average Bonchev–Trinajstić information content (AvgIpc) is 2.49. The van der Waals surface area contributed by atoms with Crippen LogP contribution in [-0.4, -0.2) is 21.3 Å². The maximum Gasteiger partial charge on any atom is 0.140 e. The van der Waals surface area contributed by atoms with Crippen LogP contribution in [0.2, 0.25) is 0 Å². The second-order valence-electron chi connectivity index (χ2n) is 3.92. The minimum absolute atomic E-state index is 0.707. The summed E-state index contributed by atoms with van der Waals surface area (Å²) < 4.78 is 17.2. The highest BCUT2D eigenvalue weighted by Gasteiger charge is 2.14. The third-order valence-electron chi connectivity index (χ3n) is 2.70. The summed E-state index contributed by atoms with van der Waals surface area (Å²) in [6, 6.07) is 11.8. The van der Waals surface area contributed by atoms with Gasteiger partial charge in [0, 0.05) is 21.5 Å². The molecule has 0 aliphatic heterocycles. The third-order valence-corrected chi connectivity index (χ3v) is 4.35. The maximum atomic E-state index is 5.44. The van der Waals surface area contributed by atoms with Gasteiger partial charge in [-0.2, -0.15) is 0 Å². The summed E-state index contributed by atoms with van der Waals surface area (Å²) in [5.74, 6) is 2.17. The quantitative estimate of drug-likeness (QED) is 0.782. The molecule has 3 nitrogen and oxygen atoms in total. The van der Waals surface area contributed by atoms with Gasteiger partial charge >= 0.3 is 0 Å². The lowest BCUT2D eigenvalue weighted by molar-refractivity contribution is 0.361. The molecule has 0 radical (unpaired) electrons. The summed E-state index contributed by atoms with van der Waals surface area (Å²) in [4.78, 5) is 2.04. The Bertz CT molecular complexity index is 559. The summed E-state index contributed by atoms with van der Waals surface area (Å²) in [6.45, 7) is 0. The molecule has 2 aromatic carbocycles. The Morgan fingerprint density at radius 2 is 1.40 bits per heavy atom. The van der Waals surface area contributed by atoms with Gasteiger partial charge in [-0.25, -0.2) is 0 Å². The summed E-state index contributed by atoms with van der Waals surface area (Å²) in [7, 11) is 4.90. The minimum Gasteiger partial charge on any atom is -0.496 e. The van der Waals surface area contributed by atoms with Crippen molar-refractivity contribution in [3.8, 4) is 17.2 Å². The van der Waals surface area contributed by atoms with Crippen molar-refractivity contribution < 1.29 is 14.2 Å². The largest absolute Gasteiger partial charge is 0.496 e. The SMILES string of the molecule is COc1cc(OC)c(Sc2ccc(Br)cc2)c(OC)c1. The van der Waals surface area contributed by atoms with Crippen LogP contribution in [0.3, 0.4) is 0 Å². The molecule has 0 saturated carbocycles. The van der Waals surface area contributed by atoms with Gasteiger partial charge in [-0.3, -0.25) is 0 Å². The zero-order chi connectivity index (χ0) is 14.5. The van der Waals surface area contributed by atoms with Gasteiger partial charge < -0.3 is 14.2 Å². The van der Waals surface area contributed by atoms with E-state index in [1.807, 2.05) is 36.4 Å². The predicted octanol–water partition coefficient (Wildman–Crippen LogP) is 4.63. The normalized spacial score (nSPS) is 10.2. The lowest BCUT2D eigenvalue weighted by Crippen LogP contribution is -1.94. The van der Waals surface area contributed by atoms with E-state index in [0.29, 0.717) is 5.75 Å². The van der Waals surface area contributed by atoms with E-state index in [0.717, 1.165) is 25.8 Å². The molecule has 0 aliphatic carbocycles. The van der Waals surface area contributed by atoms with Crippen LogP contribution in [0.1, 0.15) is 0 Å². The van der Waals surface area contributed by atoms with Crippen LogP contribution in [0.5, 0.6) is 17.2 Å². The second kappa shape index (κ2) is 6.90. The van der Waals surface area contributed by atoms with Crippen molar-refractivity contribution in [3.63, 3.8) is 0 Å². The second-order valence-corrected chi connectivity index (χ2v) is 5.92. The molecule has 0 amide bonds. The van der Waals surface area contributed by atoms with Crippen LogP contribution in [0, 0.1) is 0 Å². The third kappa shape index (κ3) is 3.41. The van der Waals surface area contributed by atoms with Crippen molar-refractivity contribution in [1.29, 1.82) is 0 Å². The van der Waals surface area contributed by atoms with Crippen molar-refractivity contribution in [2.24, 2.45) is 0 Å². The average molecular weight is 355 g/mol. The topological polar surface area (TPSA) is 27.7 Å². The number of halogens is 1. The monoisotopic (exact) mass is 354 g/mol. The van der Waals surface area contributed by atoms with Gasteiger partial charge in [0.15, 0.2) is 0 Å². The lowest BCUT2D eigenvalue weighted by atomic mass is 10.3. The molecule has 0 aromatic heterocycles. The highest BCUT2D eigenvalue weighted by Crippen LogP contribution is 2.44. The van der Waals surface area contributed by atoms with Crippen LogP contribution in [-0.2, 0) is 0 Å². The van der Waals surface area contributed by atoms with E-state index in [9.17, 15) is 0 Å². The molecule has 0 bridgehead atoms. The molecular weight excluding hydrogens is 340 g/mol. The van der Waals surface area contributed by atoms with Gasteiger partial charge in [-0.1, -0.05) is 27.7 Å². The van der Waals surface area contributed by atoms with E-state index in [1.54, 1.807) is 33.1 Å². The molecule has 106 valence electrons. The van der Waals surface area contributed by atoms with E-state index in [1.165, 1.54) is 0 Å². The van der Waals surface area contributed by atoms with Crippen LogP contribution < -0.4 is 14.2 Å². The van der Waals surface area contributed by atoms with Crippen molar-refractivity contribution >= 4 is 27.7 Å². The zero-order valence-electron chi connectivity index (χ0n) is 11.5. The molecular formula is C15H15BrO3S. The highest BCUT2D eigenvalue weighted by atomic mass is 79.9. The molecule has 5 heteroatoms. The van der Waals surface area contributed by atoms with Gasteiger partial charge in [0.05, 0.1) is 26.2 Å². The van der Waals surface area contributed by atoms with Gasteiger partial charge in [-0.15, -0.1) is 0 Å². The molecule has 0 aliphatic rings. The van der Waals surface area contributed by atoms with Crippen molar-refractivity contribution in [1.82, 2.24) is 0 Å². The van der Waals surface area contributed by atoms with Crippen molar-refractivity contribution in [2.75, 3.05) is 21.3 Å². The molecule has 20 heavy (non-hydrogen) atoms. The highest BCUT2D eigenvalue weighted by molar-refractivity contribution is 9.10. The number of rotatable bonds is 5. The summed E-state index contributed by atoms with van der Waals surface area (Å²) in [6.07, 6.45) is 0. The molecule has 0 heterocycles. The predicted molar refractivity (Wildman–Crippen MR) is 84.4 cm³/mol. The number of hydrogen-bond donors (Lipinski definition) is 0. The van der Waals surface area contributed by atoms with Crippen molar-refractivity contribution in [2.45, 2.75) is 9.79 Å². The Hall–Kier alpha value is -1.33. The van der Waals surface area contributed by atoms with Crippen LogP contribution in [0.25, 0.3) is 0 Å². The lowest BCUT2D eigenvalue weighted by Gasteiger charge is -2.14. The van der Waals surface area contributed by atoms with Crippen LogP contribution in [0.4, 0.5) is 0 Å². The van der Waals surface area contributed by atoms with E-state index < -0.39 is 0 Å². The van der Waals surface area contributed by atoms with Crippen LogP contribution >= 0.6 is 27.7 Å². The van der Waals surface area contributed by atoms with E-state index >= 15 is 0 Å². The van der Waals surface area contributed by atoms with Crippen LogP contribution in [0.15, 0.2) is 50.7 Å². The first kappa shape index (κ1) is 15.1. The number of methoxy groups -OCH3 is 3. The molecule has 0 unspecified atom stereocenters. The number of hydrogen-bond acceptors (Lipinski definition) is 4. The van der Waals surface area contributed by atoms with E-state index in [-0.39, 0.29) is 0 Å². The Balaban J connectivity index is 2.41. The smallest absolute Gasteiger partial charge is 0.140 e. The molecule has 0 saturated heterocycles. The Morgan fingerprint density at radius 3 is 1.85 bits per heavy atom. The van der Waals surface area contributed by atoms with Crippen molar-refractivity contribution in [3.05, 3.63) is 40.9 Å². The molecule has 0 fully saturated rings. The Morgan fingerprint density at radius 1 is 0.850 bits per heavy atom. The molecule has 2 rings (SSSR count). The van der Waals surface area contributed by atoms with Gasteiger partial charge in [0.2, 0.25) is 0 Å². The maximum absolute atomic E-state index is 5.44. The summed E-state index contributed by atoms with van der Waals surface area (Å²) >= 11 is 5.02. The molecule has 0 atom stereocenters. The minimum atomic E-state index is 0.707. The fourth-order valence-electron chi connectivity index (χ4n) is 1.69. The van der Waals surface area contributed by atoms with Gasteiger partial charge in [0.1, 0.15) is 17.2 Å². The van der Waals surface area contributed by atoms with Gasteiger partial charge in [0.25, 0.3) is 0 Å². The summed E-state index contributed by atoms with van der Waals surface area (Å²) in [5, 5.41) is 0. The first-order valence-corrected chi connectivity index (χ1v) is 7.52. The number of benzene rings is 2. The Labute approximate surface area is 131 Å². The molecule has 0 N–H and O–H groups in total. The summed E-state index contributed by atoms with van der Waals surface area (Å²) in [5.41, 5.74) is 0. The fraction of sp³-hybridized carbons (Fsp3) is 0.200. The first-order chi connectivity index (χ1) is 9.67. The first-order valence-electron chi connectivity index (χ1n) is 5.91. The molecule has 0 spiro atoms. The Kier molecular flexibility index (Phi) is 5.20. The van der Waals surface area contributed by atoms with E-state index in [4.69, 9.17) is 14.2 Å². The zero-order valence-corrected chi connectivity index (χ0v) is 13.9.